The van der Waals surface area contributed by atoms with Crippen molar-refractivity contribution in [1.29, 1.82) is 0 Å². The second kappa shape index (κ2) is 5.77. The third-order valence-electron chi connectivity index (χ3n) is 2.99. The summed E-state index contributed by atoms with van der Waals surface area (Å²) in [7, 11) is 0. The van der Waals surface area contributed by atoms with Crippen molar-refractivity contribution >= 4 is 17.0 Å². The zero-order valence-electron chi connectivity index (χ0n) is 24.9. The Morgan fingerprint density at radius 3 is 3.29 bits per heavy atom. The van der Waals surface area contributed by atoms with E-state index in [0.717, 1.165) is 0 Å². The van der Waals surface area contributed by atoms with Gasteiger partial charge in [0.25, 0.3) is 0 Å². The van der Waals surface area contributed by atoms with Crippen LogP contribution < -0.4 is 5.31 Å². The van der Waals surface area contributed by atoms with Crippen molar-refractivity contribution in [1.82, 2.24) is 15.2 Å². The van der Waals surface area contributed by atoms with Gasteiger partial charge in [-0.3, -0.25) is 0 Å². The SMILES string of the molecule is [2H]c1c(C[C@H]2COC(=O)N2[2H])c([2H])c2c(CC([2H])([2H])N(C([2H])([2H])[2H])C([2H])([2H])[2H])c([2H])n([2H])c2c1[2H]. The van der Waals surface area contributed by atoms with Crippen molar-refractivity contribution < 1.29 is 28.8 Å². The lowest BCUT2D eigenvalue weighted by molar-refractivity contribution is 0.177. The predicted octanol–water partition coefficient (Wildman–Crippen LogP) is 1.92. The van der Waals surface area contributed by atoms with Gasteiger partial charge in [-0.05, 0) is 50.0 Å². The number of alkyl carbamates (subject to hydrolysis) is 1. The topological polar surface area (TPSA) is 57.4 Å². The molecule has 0 spiro atoms. The van der Waals surface area contributed by atoms with Crippen LogP contribution in [0.1, 0.15) is 27.6 Å². The largest absolute Gasteiger partial charge is 0.447 e. The molecule has 1 aromatic heterocycles. The first-order valence-electron chi connectivity index (χ1n) is 13.1. The maximum Gasteiger partial charge on any atom is 0.407 e. The first-order chi connectivity index (χ1) is 15.8. The van der Waals surface area contributed by atoms with Crippen LogP contribution in [-0.2, 0) is 17.6 Å². The summed E-state index contributed by atoms with van der Waals surface area (Å²) < 4.78 is 116. The predicted molar refractivity (Wildman–Crippen MR) is 82.5 cm³/mol. The molecule has 1 aliphatic heterocycles. The number of ether oxygens (including phenoxy) is 1. The Morgan fingerprint density at radius 1 is 1.62 bits per heavy atom. The molecule has 0 saturated carbocycles. The molecule has 21 heavy (non-hydrogen) atoms. The molecular weight excluding hydrogens is 266 g/mol. The lowest BCUT2D eigenvalue weighted by Crippen LogP contribution is -2.28. The van der Waals surface area contributed by atoms with Crippen molar-refractivity contribution in [2.24, 2.45) is 0 Å². The molecule has 1 amide bonds. The van der Waals surface area contributed by atoms with E-state index in [2.05, 4.69) is 0 Å². The Bertz CT molecular complexity index is 1160. The fourth-order valence-electron chi connectivity index (χ4n) is 2.04. The van der Waals surface area contributed by atoms with E-state index in [1.807, 2.05) is 0 Å². The zero-order chi connectivity index (χ0) is 26.8. The normalized spacial score (nSPS) is 30.2. The molecule has 1 saturated heterocycles. The van der Waals surface area contributed by atoms with Crippen molar-refractivity contribution in [2.75, 3.05) is 27.1 Å². The summed E-state index contributed by atoms with van der Waals surface area (Å²) in [5, 5.41) is 0.227. The second-order valence-electron chi connectivity index (χ2n) is 4.51. The molecule has 5 heteroatoms. The first-order valence-corrected chi connectivity index (χ1v) is 6.17. The molecule has 0 unspecified atom stereocenters. The van der Waals surface area contributed by atoms with Crippen LogP contribution in [0.4, 0.5) is 4.79 Å². The van der Waals surface area contributed by atoms with E-state index in [9.17, 15) is 4.79 Å². The quantitative estimate of drug-likeness (QED) is 0.887. The lowest BCUT2D eigenvalue weighted by atomic mass is 10.0. The van der Waals surface area contributed by atoms with Gasteiger partial charge in [-0.15, -0.1) is 0 Å². The maximum atomic E-state index is 11.5. The van der Waals surface area contributed by atoms with Crippen LogP contribution in [0.5, 0.6) is 0 Å². The Balaban J connectivity index is 2.21. The maximum absolute atomic E-state index is 11.5. The lowest BCUT2D eigenvalue weighted by Gasteiger charge is -2.09. The second-order valence-corrected chi connectivity index (χ2v) is 4.51. The van der Waals surface area contributed by atoms with Gasteiger partial charge in [0.05, 0.1) is 11.5 Å². The minimum atomic E-state index is -3.40. The standard InChI is InChI=1S/C16H21N3O2/c1-19(2)6-5-12-9-17-15-4-3-11(8-14(12)15)7-13-10-21-16(20)18-13/h3-4,8-9,13,17H,5-7,10H2,1-2H3,(H,18,20)/t13-/m0/s1/i1D3,2D3,3D,4D,6D2,8D,9D/hD2. The number of nitrogens with one attached hydrogen (secondary N) is 2. The van der Waals surface area contributed by atoms with E-state index in [1.54, 1.807) is 0 Å². The first kappa shape index (κ1) is 5.02. The Labute approximate surface area is 144 Å². The molecule has 1 atom stereocenters. The van der Waals surface area contributed by atoms with Gasteiger partial charge in [0.15, 0.2) is 2.82 Å². The van der Waals surface area contributed by atoms with E-state index in [0.29, 0.717) is 10.3 Å². The summed E-state index contributed by atoms with van der Waals surface area (Å²) in [6.07, 6.45) is -2.93. The number of aromatic nitrogens is 1. The number of cyclic esters (lactones) is 1. The van der Waals surface area contributed by atoms with Crippen LogP contribution in [0.15, 0.2) is 24.3 Å². The number of likely N-dealkylation sites (N-methyl/N-ethyl adjacent to an activating group) is 1. The highest BCUT2D eigenvalue weighted by molar-refractivity contribution is 5.84. The van der Waals surface area contributed by atoms with E-state index >= 15 is 0 Å². The third kappa shape index (κ3) is 3.19. The Hall–Kier alpha value is -2.01. The average molecular weight is 301 g/mol. The number of hydrogen-bond donors (Lipinski definition) is 2. The van der Waals surface area contributed by atoms with Crippen molar-refractivity contribution in [3.8, 4) is 0 Å². The third-order valence-corrected chi connectivity index (χ3v) is 2.99. The van der Waals surface area contributed by atoms with Crippen molar-refractivity contribution in [2.45, 2.75) is 18.9 Å². The number of aryl methyl sites for hydroxylation is 1. The summed E-state index contributed by atoms with van der Waals surface area (Å²) in [4.78, 5) is 11.6. The Morgan fingerprint density at radius 2 is 2.52 bits per heavy atom. The van der Waals surface area contributed by atoms with Crippen LogP contribution in [0, 0.1) is 0 Å². The summed E-state index contributed by atoms with van der Waals surface area (Å²) in [5.74, 6) is 0. The number of benzene rings is 1. The fourth-order valence-corrected chi connectivity index (χ4v) is 2.04. The summed E-state index contributed by atoms with van der Waals surface area (Å²) >= 11 is 0. The minimum absolute atomic E-state index is 0.126. The van der Waals surface area contributed by atoms with Crippen LogP contribution in [0.3, 0.4) is 0 Å². The molecule has 2 heterocycles. The summed E-state index contributed by atoms with van der Waals surface area (Å²) in [5.41, 5.74) is -0.894. The van der Waals surface area contributed by atoms with Crippen LogP contribution in [-0.4, -0.2) is 49.1 Å². The number of carbonyl (C=O) groups is 1. The molecule has 1 fully saturated rings. The number of rotatable bonds is 5. The number of hydrogen-bond acceptors (Lipinski definition) is 3. The van der Waals surface area contributed by atoms with Gasteiger partial charge >= 0.3 is 6.09 Å². The number of nitrogens with zero attached hydrogens (tertiary/aromatic N) is 1. The van der Waals surface area contributed by atoms with E-state index in [1.165, 1.54) is 0 Å². The van der Waals surface area contributed by atoms with Crippen LogP contribution in [0.2, 0.25) is 2.82 Å². The number of amides is 1. The van der Waals surface area contributed by atoms with Gasteiger partial charge in [-0.1, -0.05) is 6.04 Å². The molecular formula is C16H21N3O2. The number of fused-ring (bicyclic) bond motifs is 1. The highest BCUT2D eigenvalue weighted by Gasteiger charge is 2.22. The van der Waals surface area contributed by atoms with E-state index in [4.69, 9.17) is 24.0 Å². The van der Waals surface area contributed by atoms with Crippen molar-refractivity contribution in [3.05, 3.63) is 35.4 Å². The Kier molecular flexibility index (Phi) is 1.38. The summed E-state index contributed by atoms with van der Waals surface area (Å²) in [6, 6.07) is -2.44. The molecule has 0 aliphatic carbocycles. The fraction of sp³-hybridized carbons (Fsp3) is 0.438. The molecule has 1 aliphatic rings. The molecule has 3 rings (SSSR count). The van der Waals surface area contributed by atoms with Gasteiger partial charge in [-0.2, -0.15) is 0 Å². The average Bonchev–Trinajstić information content (AvgIpc) is 3.12. The number of H-pyrrole nitrogens is 1. The van der Waals surface area contributed by atoms with E-state index < -0.39 is 63.3 Å². The highest BCUT2D eigenvalue weighted by Crippen LogP contribution is 2.21. The van der Waals surface area contributed by atoms with Gasteiger partial charge in [0, 0.05) is 34.5 Å². The summed E-state index contributed by atoms with van der Waals surface area (Å²) in [6.45, 7) is -10.1. The van der Waals surface area contributed by atoms with Gasteiger partial charge < -0.3 is 19.9 Å². The van der Waals surface area contributed by atoms with Crippen LogP contribution in [0.25, 0.3) is 10.9 Å². The molecule has 0 bridgehead atoms. The highest BCUT2D eigenvalue weighted by atomic mass is 16.6. The number of aromatic amines is 1. The molecule has 0 radical (unpaired) electrons. The van der Waals surface area contributed by atoms with Crippen molar-refractivity contribution in [3.63, 3.8) is 0 Å². The van der Waals surface area contributed by atoms with Gasteiger partial charge in [-0.25, -0.2) is 4.79 Å². The molecule has 2 N–H and O–H groups in total. The molecule has 2 aromatic rings. The van der Waals surface area contributed by atoms with E-state index in [-0.39, 0.29) is 40.0 Å². The zero-order valence-corrected chi connectivity index (χ0v) is 10.9. The van der Waals surface area contributed by atoms with Gasteiger partial charge in [0.1, 0.15) is 6.61 Å². The minimum Gasteiger partial charge on any atom is -0.447 e. The van der Waals surface area contributed by atoms with Gasteiger partial charge in [0.2, 0.25) is 0 Å². The smallest absolute Gasteiger partial charge is 0.407 e. The number of carbonyl (C=O) groups excluding carboxylic acids is 1. The van der Waals surface area contributed by atoms with Crippen LogP contribution >= 0.6 is 0 Å². The molecule has 5 nitrogen and oxygen atoms in total. The molecule has 1 aromatic carbocycles. The monoisotopic (exact) mass is 301 g/mol. The molecule has 112 valence electrons.